The molecule has 0 saturated heterocycles. The van der Waals surface area contributed by atoms with Crippen molar-refractivity contribution in [3.63, 3.8) is 0 Å². The fourth-order valence-corrected chi connectivity index (χ4v) is 1.78. The van der Waals surface area contributed by atoms with Gasteiger partial charge in [0.05, 0.1) is 14.2 Å². The Bertz CT molecular complexity index is 466. The predicted molar refractivity (Wildman–Crippen MR) is 65.1 cm³/mol. The molecule has 0 aromatic heterocycles. The Morgan fingerprint density at radius 2 is 1.79 bits per heavy atom. The minimum absolute atomic E-state index is 0.00838. The third-order valence-corrected chi connectivity index (χ3v) is 2.69. The lowest BCUT2D eigenvalue weighted by Crippen LogP contribution is -2.12. The number of ether oxygens (including phenoxy) is 2. The molecule has 0 aliphatic carbocycles. The first-order chi connectivity index (χ1) is 8.79. The highest BCUT2D eigenvalue weighted by atomic mass is 19.3. The number of benzene rings is 1. The van der Waals surface area contributed by atoms with E-state index in [4.69, 9.17) is 14.6 Å². The first-order valence-electron chi connectivity index (χ1n) is 5.64. The summed E-state index contributed by atoms with van der Waals surface area (Å²) in [6.07, 6.45) is -0.215. The molecule has 19 heavy (non-hydrogen) atoms. The molecule has 4 nitrogen and oxygen atoms in total. The highest BCUT2D eigenvalue weighted by Gasteiger charge is 2.29. The van der Waals surface area contributed by atoms with Crippen LogP contribution in [0.25, 0.3) is 0 Å². The summed E-state index contributed by atoms with van der Waals surface area (Å²) in [5.74, 6) is -3.62. The highest BCUT2D eigenvalue weighted by molar-refractivity contribution is 5.67. The van der Waals surface area contributed by atoms with Crippen molar-refractivity contribution in [3.05, 3.63) is 23.3 Å². The van der Waals surface area contributed by atoms with E-state index in [2.05, 4.69) is 0 Å². The number of carbonyl (C=O) groups is 1. The van der Waals surface area contributed by atoms with E-state index in [9.17, 15) is 13.6 Å². The van der Waals surface area contributed by atoms with E-state index in [0.29, 0.717) is 5.75 Å². The van der Waals surface area contributed by atoms with E-state index >= 15 is 0 Å². The second-order valence-corrected chi connectivity index (χ2v) is 4.15. The van der Waals surface area contributed by atoms with E-state index < -0.39 is 11.9 Å². The van der Waals surface area contributed by atoms with Crippen LogP contribution in [0, 0.1) is 0 Å². The Kier molecular flexibility index (Phi) is 4.69. The van der Waals surface area contributed by atoms with Gasteiger partial charge in [-0.1, -0.05) is 0 Å². The van der Waals surface area contributed by atoms with Gasteiger partial charge in [-0.2, -0.15) is 0 Å². The average Bonchev–Trinajstić information content (AvgIpc) is 2.33. The molecule has 1 rings (SSSR count). The van der Waals surface area contributed by atoms with Crippen LogP contribution in [0.1, 0.15) is 24.5 Å². The zero-order chi connectivity index (χ0) is 14.6. The molecular formula is C13H16F2O4. The zero-order valence-corrected chi connectivity index (χ0v) is 11.0. The summed E-state index contributed by atoms with van der Waals surface area (Å²) in [4.78, 5) is 10.6. The molecule has 0 atom stereocenters. The van der Waals surface area contributed by atoms with Crippen LogP contribution < -0.4 is 9.47 Å². The summed E-state index contributed by atoms with van der Waals surface area (Å²) < 4.78 is 37.1. The summed E-state index contributed by atoms with van der Waals surface area (Å²) >= 11 is 0. The van der Waals surface area contributed by atoms with E-state index in [1.807, 2.05) is 0 Å². The number of carboxylic acid groups (broad SMARTS) is 1. The van der Waals surface area contributed by atoms with E-state index in [1.165, 1.54) is 26.4 Å². The fraction of sp³-hybridized carbons (Fsp3) is 0.462. The molecule has 0 fully saturated rings. The van der Waals surface area contributed by atoms with Crippen LogP contribution in [0.15, 0.2) is 12.1 Å². The number of halogens is 2. The molecule has 0 heterocycles. The maximum Gasteiger partial charge on any atom is 0.303 e. The van der Waals surface area contributed by atoms with Crippen LogP contribution in [0.3, 0.4) is 0 Å². The van der Waals surface area contributed by atoms with Crippen LogP contribution in [0.4, 0.5) is 8.78 Å². The molecule has 0 aliphatic rings. The predicted octanol–water partition coefficient (Wildman–Crippen LogP) is 2.83. The summed E-state index contributed by atoms with van der Waals surface area (Å²) in [6, 6.07) is 2.59. The molecule has 0 radical (unpaired) electrons. The largest absolute Gasteiger partial charge is 0.493 e. The SMILES string of the molecule is COc1cc(CCC(=O)O)c(C(C)(F)F)cc1OC. The van der Waals surface area contributed by atoms with Gasteiger partial charge < -0.3 is 14.6 Å². The number of hydrogen-bond donors (Lipinski definition) is 1. The standard InChI is InChI=1S/C13H16F2O4/c1-13(14,15)9-7-11(19-3)10(18-2)6-8(9)4-5-12(16)17/h6-7H,4-5H2,1-3H3,(H,16,17). The smallest absolute Gasteiger partial charge is 0.303 e. The van der Waals surface area contributed by atoms with Crippen molar-refractivity contribution in [1.82, 2.24) is 0 Å². The van der Waals surface area contributed by atoms with Gasteiger partial charge in [-0.05, 0) is 24.1 Å². The molecule has 0 spiro atoms. The lowest BCUT2D eigenvalue weighted by molar-refractivity contribution is -0.137. The van der Waals surface area contributed by atoms with Gasteiger partial charge in [-0.3, -0.25) is 4.79 Å². The number of alkyl halides is 2. The van der Waals surface area contributed by atoms with Crippen LogP contribution >= 0.6 is 0 Å². The van der Waals surface area contributed by atoms with Crippen molar-refractivity contribution in [3.8, 4) is 11.5 Å². The van der Waals surface area contributed by atoms with Crippen LogP contribution in [0.2, 0.25) is 0 Å². The molecule has 1 aromatic carbocycles. The molecule has 0 amide bonds. The lowest BCUT2D eigenvalue weighted by Gasteiger charge is -2.18. The van der Waals surface area contributed by atoms with Crippen LogP contribution in [-0.2, 0) is 17.1 Å². The maximum absolute atomic E-state index is 13.5. The fourth-order valence-electron chi connectivity index (χ4n) is 1.78. The van der Waals surface area contributed by atoms with Crippen molar-refractivity contribution in [2.75, 3.05) is 14.2 Å². The number of carboxylic acids is 1. The molecule has 0 saturated carbocycles. The third-order valence-electron chi connectivity index (χ3n) is 2.69. The van der Waals surface area contributed by atoms with Crippen molar-refractivity contribution in [2.45, 2.75) is 25.7 Å². The number of methoxy groups -OCH3 is 2. The Morgan fingerprint density at radius 3 is 2.21 bits per heavy atom. The van der Waals surface area contributed by atoms with Gasteiger partial charge in [0, 0.05) is 18.9 Å². The van der Waals surface area contributed by atoms with E-state index in [0.717, 1.165) is 6.92 Å². The summed E-state index contributed by atoms with van der Waals surface area (Å²) in [5.41, 5.74) is -0.000972. The Morgan fingerprint density at radius 1 is 1.26 bits per heavy atom. The highest BCUT2D eigenvalue weighted by Crippen LogP contribution is 2.38. The van der Waals surface area contributed by atoms with Crippen LogP contribution in [-0.4, -0.2) is 25.3 Å². The molecule has 6 heteroatoms. The molecule has 0 aliphatic heterocycles. The molecule has 1 aromatic rings. The Labute approximate surface area is 109 Å². The number of aliphatic carboxylic acids is 1. The van der Waals surface area contributed by atoms with E-state index in [1.54, 1.807) is 0 Å². The van der Waals surface area contributed by atoms with Gasteiger partial charge >= 0.3 is 5.97 Å². The van der Waals surface area contributed by atoms with Gasteiger partial charge in [0.2, 0.25) is 0 Å². The van der Waals surface area contributed by atoms with Gasteiger partial charge in [0.25, 0.3) is 5.92 Å². The Hall–Kier alpha value is -1.85. The normalized spacial score (nSPS) is 11.2. The minimum Gasteiger partial charge on any atom is -0.493 e. The molecule has 0 bridgehead atoms. The maximum atomic E-state index is 13.5. The van der Waals surface area contributed by atoms with Gasteiger partial charge in [0.1, 0.15) is 0 Å². The summed E-state index contributed by atoms with van der Waals surface area (Å²) in [6.45, 7) is 0.762. The van der Waals surface area contributed by atoms with E-state index in [-0.39, 0.29) is 29.7 Å². The van der Waals surface area contributed by atoms with Gasteiger partial charge in [-0.25, -0.2) is 8.78 Å². The summed E-state index contributed by atoms with van der Waals surface area (Å²) in [5, 5.41) is 8.65. The zero-order valence-electron chi connectivity index (χ0n) is 11.0. The first-order valence-corrected chi connectivity index (χ1v) is 5.64. The topological polar surface area (TPSA) is 55.8 Å². The first kappa shape index (κ1) is 15.2. The number of hydrogen-bond acceptors (Lipinski definition) is 3. The van der Waals surface area contributed by atoms with Crippen molar-refractivity contribution in [2.24, 2.45) is 0 Å². The third kappa shape index (κ3) is 3.81. The second-order valence-electron chi connectivity index (χ2n) is 4.15. The number of aryl methyl sites for hydroxylation is 1. The molecular weight excluding hydrogens is 258 g/mol. The van der Waals surface area contributed by atoms with Crippen LogP contribution in [0.5, 0.6) is 11.5 Å². The molecule has 1 N–H and O–H groups in total. The molecule has 0 unspecified atom stereocenters. The van der Waals surface area contributed by atoms with Gasteiger partial charge in [0.15, 0.2) is 11.5 Å². The van der Waals surface area contributed by atoms with Crippen molar-refractivity contribution in [1.29, 1.82) is 0 Å². The quantitative estimate of drug-likeness (QED) is 0.866. The Balaban J connectivity index is 3.27. The lowest BCUT2D eigenvalue weighted by atomic mass is 9.97. The van der Waals surface area contributed by atoms with Gasteiger partial charge in [-0.15, -0.1) is 0 Å². The number of rotatable bonds is 6. The monoisotopic (exact) mass is 274 g/mol. The van der Waals surface area contributed by atoms with Crippen molar-refractivity contribution >= 4 is 5.97 Å². The average molecular weight is 274 g/mol. The minimum atomic E-state index is -3.08. The molecule has 106 valence electrons. The van der Waals surface area contributed by atoms with Crippen molar-refractivity contribution < 1.29 is 28.2 Å². The second kappa shape index (κ2) is 5.86. The summed E-state index contributed by atoms with van der Waals surface area (Å²) in [7, 11) is 2.74.